The van der Waals surface area contributed by atoms with E-state index in [-0.39, 0.29) is 17.8 Å². The lowest BCUT2D eigenvalue weighted by atomic mass is 9.96. The molecule has 1 N–H and O–H groups in total. The van der Waals surface area contributed by atoms with Gasteiger partial charge >= 0.3 is 5.97 Å². The number of aryl methyl sites for hydroxylation is 2. The third kappa shape index (κ3) is 2.84. The molecule has 0 bridgehead atoms. The van der Waals surface area contributed by atoms with Crippen molar-refractivity contribution in [3.63, 3.8) is 0 Å². The van der Waals surface area contributed by atoms with E-state index < -0.39 is 0 Å². The molecule has 20 heavy (non-hydrogen) atoms. The van der Waals surface area contributed by atoms with Gasteiger partial charge in [-0.05, 0) is 33.6 Å². The second kappa shape index (κ2) is 6.07. The van der Waals surface area contributed by atoms with E-state index in [2.05, 4.69) is 10.2 Å². The van der Waals surface area contributed by atoms with E-state index in [0.29, 0.717) is 38.1 Å². The van der Waals surface area contributed by atoms with Gasteiger partial charge in [0.25, 0.3) is 5.91 Å². The highest BCUT2D eigenvalue weighted by atomic mass is 16.5. The van der Waals surface area contributed by atoms with Crippen molar-refractivity contribution in [2.75, 3.05) is 19.7 Å². The average Bonchev–Trinajstić information content (AvgIpc) is 2.78. The molecule has 1 aliphatic rings. The van der Waals surface area contributed by atoms with Gasteiger partial charge in [-0.25, -0.2) is 0 Å². The van der Waals surface area contributed by atoms with Crippen molar-refractivity contribution in [2.24, 2.45) is 5.92 Å². The fraction of sp³-hybridized carbons (Fsp3) is 0.643. The smallest absolute Gasteiger partial charge is 0.309 e. The number of piperidine rings is 1. The summed E-state index contributed by atoms with van der Waals surface area (Å²) in [5, 5.41) is 6.88. The van der Waals surface area contributed by atoms with Crippen molar-refractivity contribution in [2.45, 2.75) is 33.6 Å². The second-order valence-electron chi connectivity index (χ2n) is 5.13. The first kappa shape index (κ1) is 14.6. The maximum absolute atomic E-state index is 12.5. The van der Waals surface area contributed by atoms with Crippen LogP contribution in [0.5, 0.6) is 0 Å². The molecule has 1 aliphatic heterocycles. The molecule has 0 unspecified atom stereocenters. The molecule has 1 amide bonds. The molecule has 6 nitrogen and oxygen atoms in total. The van der Waals surface area contributed by atoms with Gasteiger partial charge in [0, 0.05) is 18.8 Å². The van der Waals surface area contributed by atoms with Gasteiger partial charge < -0.3 is 9.64 Å². The van der Waals surface area contributed by atoms with Crippen LogP contribution in [0.2, 0.25) is 0 Å². The third-order valence-corrected chi connectivity index (χ3v) is 3.74. The monoisotopic (exact) mass is 279 g/mol. The van der Waals surface area contributed by atoms with Gasteiger partial charge in [0.05, 0.1) is 23.8 Å². The van der Waals surface area contributed by atoms with Crippen LogP contribution in [-0.2, 0) is 9.53 Å². The molecule has 0 aliphatic carbocycles. The van der Waals surface area contributed by atoms with E-state index in [4.69, 9.17) is 4.74 Å². The molecule has 1 aromatic heterocycles. The molecular weight excluding hydrogens is 258 g/mol. The molecule has 110 valence electrons. The minimum Gasteiger partial charge on any atom is -0.466 e. The summed E-state index contributed by atoms with van der Waals surface area (Å²) in [6.07, 6.45) is 1.33. The maximum atomic E-state index is 12.5. The van der Waals surface area contributed by atoms with Crippen LogP contribution in [0.4, 0.5) is 0 Å². The molecular formula is C14H21N3O3. The lowest BCUT2D eigenvalue weighted by molar-refractivity contribution is -0.149. The lowest BCUT2D eigenvalue weighted by Crippen LogP contribution is -2.41. The Balaban J connectivity index is 1.97. The Bertz CT molecular complexity index is 482. The van der Waals surface area contributed by atoms with Crippen LogP contribution in [0.3, 0.4) is 0 Å². The van der Waals surface area contributed by atoms with E-state index in [9.17, 15) is 9.59 Å². The summed E-state index contributed by atoms with van der Waals surface area (Å²) in [6.45, 7) is 7.06. The third-order valence-electron chi connectivity index (χ3n) is 3.74. The summed E-state index contributed by atoms with van der Waals surface area (Å²) in [7, 11) is 0. The van der Waals surface area contributed by atoms with Crippen LogP contribution in [-0.4, -0.2) is 46.7 Å². The molecule has 1 saturated heterocycles. The van der Waals surface area contributed by atoms with Gasteiger partial charge in [-0.3, -0.25) is 14.7 Å². The number of rotatable bonds is 3. The average molecular weight is 279 g/mol. The number of carbonyl (C=O) groups is 2. The van der Waals surface area contributed by atoms with Gasteiger partial charge in [0.15, 0.2) is 0 Å². The van der Waals surface area contributed by atoms with Crippen molar-refractivity contribution in [3.8, 4) is 0 Å². The molecule has 0 radical (unpaired) electrons. The Labute approximate surface area is 118 Å². The molecule has 2 rings (SSSR count). The zero-order valence-electron chi connectivity index (χ0n) is 12.2. The SMILES string of the molecule is CCOC(=O)C1CCN(C(=O)c2c(C)n[nH]c2C)CC1. The fourth-order valence-electron chi connectivity index (χ4n) is 2.60. The topological polar surface area (TPSA) is 75.3 Å². The highest BCUT2D eigenvalue weighted by Crippen LogP contribution is 2.21. The largest absolute Gasteiger partial charge is 0.466 e. The number of hydrogen-bond acceptors (Lipinski definition) is 4. The zero-order chi connectivity index (χ0) is 14.7. The Morgan fingerprint density at radius 2 is 2.00 bits per heavy atom. The first-order chi connectivity index (χ1) is 9.54. The van der Waals surface area contributed by atoms with Gasteiger partial charge in [0.2, 0.25) is 0 Å². The standard InChI is InChI=1S/C14H21N3O3/c1-4-20-14(19)11-5-7-17(8-6-11)13(18)12-9(2)15-16-10(12)3/h11H,4-8H2,1-3H3,(H,15,16). The quantitative estimate of drug-likeness (QED) is 0.850. The Morgan fingerprint density at radius 1 is 1.35 bits per heavy atom. The molecule has 0 spiro atoms. The predicted molar refractivity (Wildman–Crippen MR) is 73.3 cm³/mol. The van der Waals surface area contributed by atoms with Crippen LogP contribution in [0.25, 0.3) is 0 Å². The Hall–Kier alpha value is -1.85. The van der Waals surface area contributed by atoms with E-state index in [1.165, 1.54) is 0 Å². The summed E-state index contributed by atoms with van der Waals surface area (Å²) >= 11 is 0. The molecule has 6 heteroatoms. The number of hydrogen-bond donors (Lipinski definition) is 1. The number of aromatic amines is 1. The fourth-order valence-corrected chi connectivity index (χ4v) is 2.60. The van der Waals surface area contributed by atoms with Crippen LogP contribution < -0.4 is 0 Å². The van der Waals surface area contributed by atoms with Gasteiger partial charge in [-0.1, -0.05) is 0 Å². The maximum Gasteiger partial charge on any atom is 0.309 e. The van der Waals surface area contributed by atoms with Crippen molar-refractivity contribution >= 4 is 11.9 Å². The second-order valence-corrected chi connectivity index (χ2v) is 5.13. The number of ether oxygens (including phenoxy) is 1. The highest BCUT2D eigenvalue weighted by molar-refractivity contribution is 5.96. The number of nitrogens with zero attached hydrogens (tertiary/aromatic N) is 2. The van der Waals surface area contributed by atoms with Gasteiger partial charge in [0.1, 0.15) is 0 Å². The van der Waals surface area contributed by atoms with Crippen molar-refractivity contribution < 1.29 is 14.3 Å². The van der Waals surface area contributed by atoms with Crippen LogP contribution >= 0.6 is 0 Å². The van der Waals surface area contributed by atoms with E-state index >= 15 is 0 Å². The van der Waals surface area contributed by atoms with Crippen LogP contribution in [0.1, 0.15) is 41.5 Å². The molecule has 0 saturated carbocycles. The van der Waals surface area contributed by atoms with Gasteiger partial charge in [-0.2, -0.15) is 5.10 Å². The van der Waals surface area contributed by atoms with Crippen LogP contribution in [0, 0.1) is 19.8 Å². The molecule has 0 aromatic carbocycles. The van der Waals surface area contributed by atoms with Crippen LogP contribution in [0.15, 0.2) is 0 Å². The van der Waals surface area contributed by atoms with Crippen molar-refractivity contribution in [1.82, 2.24) is 15.1 Å². The number of nitrogens with one attached hydrogen (secondary N) is 1. The number of amides is 1. The molecule has 2 heterocycles. The minimum absolute atomic E-state index is 0.00365. The summed E-state index contributed by atoms with van der Waals surface area (Å²) in [5.41, 5.74) is 2.17. The summed E-state index contributed by atoms with van der Waals surface area (Å²) in [4.78, 5) is 25.9. The first-order valence-corrected chi connectivity index (χ1v) is 7.02. The first-order valence-electron chi connectivity index (χ1n) is 7.02. The summed E-state index contributed by atoms with van der Waals surface area (Å²) in [5.74, 6) is -0.225. The molecule has 1 aromatic rings. The summed E-state index contributed by atoms with van der Waals surface area (Å²) in [6, 6.07) is 0. The van der Waals surface area contributed by atoms with E-state index in [1.54, 1.807) is 11.8 Å². The predicted octanol–water partition coefficient (Wildman–Crippen LogP) is 1.44. The number of likely N-dealkylation sites (tertiary alicyclic amines) is 1. The number of carbonyl (C=O) groups excluding carboxylic acids is 2. The molecule has 0 atom stereocenters. The number of esters is 1. The van der Waals surface area contributed by atoms with Gasteiger partial charge in [-0.15, -0.1) is 0 Å². The van der Waals surface area contributed by atoms with Crippen molar-refractivity contribution in [1.29, 1.82) is 0 Å². The Morgan fingerprint density at radius 3 is 2.50 bits per heavy atom. The molecule has 1 fully saturated rings. The van der Waals surface area contributed by atoms with E-state index in [1.807, 2.05) is 13.8 Å². The van der Waals surface area contributed by atoms with E-state index in [0.717, 1.165) is 11.4 Å². The Kier molecular flexibility index (Phi) is 4.42. The zero-order valence-corrected chi connectivity index (χ0v) is 12.2. The normalized spacial score (nSPS) is 16.2. The van der Waals surface area contributed by atoms with Crippen molar-refractivity contribution in [3.05, 3.63) is 17.0 Å². The highest BCUT2D eigenvalue weighted by Gasteiger charge is 2.30. The lowest BCUT2D eigenvalue weighted by Gasteiger charge is -2.31. The minimum atomic E-state index is -0.143. The summed E-state index contributed by atoms with van der Waals surface area (Å²) < 4.78 is 5.03. The number of aromatic nitrogens is 2. The number of H-pyrrole nitrogens is 1.